The lowest BCUT2D eigenvalue weighted by molar-refractivity contribution is 0.141. The zero-order valence-electron chi connectivity index (χ0n) is 16.9. The maximum absolute atomic E-state index is 5.98. The molecule has 1 aliphatic heterocycles. The Kier molecular flexibility index (Phi) is 8.41. The Labute approximate surface area is 180 Å². The normalized spacial score (nSPS) is 18.6. The standard InChI is InChI=1S/C21H32N4O.HI/c1-15(2)25-11-7-8-17(14-25)12-23-21(22-4)24-13-20-16(3)18-9-5-6-10-19(18)26-20;/h5-6,9-10,15,17H,7-8,11-14H2,1-4H3,(H2,22,23,24);1H. The molecule has 1 aliphatic rings. The Morgan fingerprint density at radius 1 is 1.30 bits per heavy atom. The summed E-state index contributed by atoms with van der Waals surface area (Å²) in [5, 5.41) is 8.07. The Morgan fingerprint density at radius 2 is 2.07 bits per heavy atom. The first-order chi connectivity index (χ1) is 12.6. The fourth-order valence-corrected chi connectivity index (χ4v) is 3.75. The number of aryl methyl sites for hydroxylation is 1. The van der Waals surface area contributed by atoms with E-state index in [1.54, 1.807) is 0 Å². The van der Waals surface area contributed by atoms with Crippen molar-refractivity contribution < 1.29 is 4.42 Å². The van der Waals surface area contributed by atoms with Crippen molar-refractivity contribution in [3.8, 4) is 0 Å². The van der Waals surface area contributed by atoms with Crippen LogP contribution in [0.2, 0.25) is 0 Å². The van der Waals surface area contributed by atoms with Gasteiger partial charge in [-0.15, -0.1) is 24.0 Å². The fourth-order valence-electron chi connectivity index (χ4n) is 3.75. The van der Waals surface area contributed by atoms with Gasteiger partial charge in [0.25, 0.3) is 0 Å². The van der Waals surface area contributed by atoms with Gasteiger partial charge < -0.3 is 20.0 Å². The number of furan rings is 1. The number of hydrogen-bond donors (Lipinski definition) is 2. The quantitative estimate of drug-likeness (QED) is 0.381. The number of piperidine rings is 1. The number of likely N-dealkylation sites (tertiary alicyclic amines) is 1. The first-order valence-electron chi connectivity index (χ1n) is 9.74. The smallest absolute Gasteiger partial charge is 0.191 e. The third kappa shape index (κ3) is 5.60. The van der Waals surface area contributed by atoms with Crippen molar-refractivity contribution in [1.82, 2.24) is 15.5 Å². The Morgan fingerprint density at radius 3 is 2.78 bits per heavy atom. The molecule has 27 heavy (non-hydrogen) atoms. The largest absolute Gasteiger partial charge is 0.459 e. The molecule has 2 N–H and O–H groups in total. The van der Waals surface area contributed by atoms with Gasteiger partial charge >= 0.3 is 0 Å². The number of rotatable bonds is 5. The lowest BCUT2D eigenvalue weighted by atomic mass is 9.97. The molecule has 150 valence electrons. The first-order valence-corrected chi connectivity index (χ1v) is 9.74. The lowest BCUT2D eigenvalue weighted by Crippen LogP contribution is -2.46. The SMILES string of the molecule is CN=C(NCc1oc2ccccc2c1C)NCC1CCCN(C(C)C)C1.I. The molecule has 1 saturated heterocycles. The van der Waals surface area contributed by atoms with Crippen molar-refractivity contribution in [2.75, 3.05) is 26.7 Å². The van der Waals surface area contributed by atoms with E-state index >= 15 is 0 Å². The summed E-state index contributed by atoms with van der Waals surface area (Å²) >= 11 is 0. The Balaban J connectivity index is 0.00000261. The van der Waals surface area contributed by atoms with Crippen LogP contribution in [0.3, 0.4) is 0 Å². The number of aliphatic imine (C=N–C) groups is 1. The summed E-state index contributed by atoms with van der Waals surface area (Å²) < 4.78 is 5.98. The van der Waals surface area contributed by atoms with Gasteiger partial charge in [-0.1, -0.05) is 18.2 Å². The molecule has 0 bridgehead atoms. The second kappa shape index (κ2) is 10.3. The summed E-state index contributed by atoms with van der Waals surface area (Å²) in [5.74, 6) is 2.49. The molecule has 1 fully saturated rings. The van der Waals surface area contributed by atoms with Gasteiger partial charge in [-0.25, -0.2) is 0 Å². The monoisotopic (exact) mass is 484 g/mol. The number of guanidine groups is 1. The van der Waals surface area contributed by atoms with Crippen molar-refractivity contribution in [1.29, 1.82) is 0 Å². The molecule has 1 aromatic heterocycles. The van der Waals surface area contributed by atoms with Crippen LogP contribution in [0.1, 0.15) is 38.0 Å². The van der Waals surface area contributed by atoms with E-state index in [4.69, 9.17) is 4.42 Å². The molecule has 3 rings (SSSR count). The lowest BCUT2D eigenvalue weighted by Gasteiger charge is -2.35. The van der Waals surface area contributed by atoms with Gasteiger partial charge in [0.05, 0.1) is 6.54 Å². The summed E-state index contributed by atoms with van der Waals surface area (Å²) in [6.07, 6.45) is 2.57. The number of fused-ring (bicyclic) bond motifs is 1. The van der Waals surface area contributed by atoms with E-state index in [0.29, 0.717) is 18.5 Å². The van der Waals surface area contributed by atoms with Crippen LogP contribution in [-0.4, -0.2) is 43.6 Å². The van der Waals surface area contributed by atoms with E-state index in [0.717, 1.165) is 23.8 Å². The molecule has 0 aliphatic carbocycles. The molecule has 1 unspecified atom stereocenters. The molecule has 2 heterocycles. The van der Waals surface area contributed by atoms with Crippen LogP contribution < -0.4 is 10.6 Å². The summed E-state index contributed by atoms with van der Waals surface area (Å²) in [4.78, 5) is 6.94. The van der Waals surface area contributed by atoms with Gasteiger partial charge in [0.15, 0.2) is 5.96 Å². The molecule has 0 amide bonds. The van der Waals surface area contributed by atoms with Crippen molar-refractivity contribution in [2.24, 2.45) is 10.9 Å². The van der Waals surface area contributed by atoms with E-state index in [-0.39, 0.29) is 24.0 Å². The van der Waals surface area contributed by atoms with E-state index in [9.17, 15) is 0 Å². The van der Waals surface area contributed by atoms with E-state index in [2.05, 4.69) is 47.4 Å². The molecular formula is C21H33IN4O. The van der Waals surface area contributed by atoms with Crippen molar-refractivity contribution in [2.45, 2.75) is 46.2 Å². The minimum atomic E-state index is 0. The Hall–Kier alpha value is -1.28. The molecule has 0 saturated carbocycles. The van der Waals surface area contributed by atoms with E-state index in [1.165, 1.54) is 36.9 Å². The van der Waals surface area contributed by atoms with Gasteiger partial charge in [0.2, 0.25) is 0 Å². The average molecular weight is 484 g/mol. The van der Waals surface area contributed by atoms with E-state index < -0.39 is 0 Å². The van der Waals surface area contributed by atoms with Gasteiger partial charge in [-0.2, -0.15) is 0 Å². The molecule has 2 aromatic rings. The Bertz CT molecular complexity index is 756. The number of benzene rings is 1. The van der Waals surface area contributed by atoms with Crippen molar-refractivity contribution in [3.63, 3.8) is 0 Å². The van der Waals surface area contributed by atoms with Gasteiger partial charge in [0.1, 0.15) is 11.3 Å². The summed E-state index contributed by atoms with van der Waals surface area (Å²) in [6, 6.07) is 8.81. The van der Waals surface area contributed by atoms with Gasteiger partial charge in [-0.05, 0) is 52.1 Å². The summed E-state index contributed by atoms with van der Waals surface area (Å²) in [6.45, 7) is 10.7. The number of nitrogens with one attached hydrogen (secondary N) is 2. The number of nitrogens with zero attached hydrogens (tertiary/aromatic N) is 2. The van der Waals surface area contributed by atoms with Gasteiger partial charge in [-0.3, -0.25) is 4.99 Å². The van der Waals surface area contributed by atoms with Crippen LogP contribution in [0.4, 0.5) is 0 Å². The topological polar surface area (TPSA) is 52.8 Å². The predicted octanol–water partition coefficient (Wildman–Crippen LogP) is 4.14. The molecule has 0 spiro atoms. The third-order valence-corrected chi connectivity index (χ3v) is 5.42. The zero-order chi connectivity index (χ0) is 18.5. The number of hydrogen-bond acceptors (Lipinski definition) is 3. The molecule has 0 radical (unpaired) electrons. The fraction of sp³-hybridized carbons (Fsp3) is 0.571. The van der Waals surface area contributed by atoms with Crippen LogP contribution in [0.25, 0.3) is 11.0 Å². The van der Waals surface area contributed by atoms with Crippen LogP contribution in [0.15, 0.2) is 33.7 Å². The van der Waals surface area contributed by atoms with Gasteiger partial charge in [0, 0.05) is 37.1 Å². The van der Waals surface area contributed by atoms with Crippen molar-refractivity contribution in [3.05, 3.63) is 35.6 Å². The minimum absolute atomic E-state index is 0. The predicted molar refractivity (Wildman–Crippen MR) is 124 cm³/mol. The highest BCUT2D eigenvalue weighted by Crippen LogP contribution is 2.24. The van der Waals surface area contributed by atoms with Crippen LogP contribution in [-0.2, 0) is 6.54 Å². The average Bonchev–Trinajstić information content (AvgIpc) is 2.98. The van der Waals surface area contributed by atoms with Crippen LogP contribution >= 0.6 is 24.0 Å². The third-order valence-electron chi connectivity index (χ3n) is 5.42. The second-order valence-electron chi connectivity index (χ2n) is 7.55. The zero-order valence-corrected chi connectivity index (χ0v) is 19.2. The maximum Gasteiger partial charge on any atom is 0.191 e. The summed E-state index contributed by atoms with van der Waals surface area (Å²) in [5.41, 5.74) is 2.14. The highest BCUT2D eigenvalue weighted by Gasteiger charge is 2.21. The molecule has 1 aromatic carbocycles. The second-order valence-corrected chi connectivity index (χ2v) is 7.55. The summed E-state index contributed by atoms with van der Waals surface area (Å²) in [7, 11) is 1.82. The van der Waals surface area contributed by atoms with Crippen LogP contribution in [0, 0.1) is 12.8 Å². The van der Waals surface area contributed by atoms with E-state index in [1.807, 2.05) is 25.2 Å². The first kappa shape index (κ1) is 22.0. The maximum atomic E-state index is 5.98. The molecule has 1 atom stereocenters. The highest BCUT2D eigenvalue weighted by molar-refractivity contribution is 14.0. The molecule has 6 heteroatoms. The van der Waals surface area contributed by atoms with Crippen molar-refractivity contribution >= 4 is 40.9 Å². The van der Waals surface area contributed by atoms with Crippen LogP contribution in [0.5, 0.6) is 0 Å². The number of halogens is 1. The molecule has 5 nitrogen and oxygen atoms in total. The minimum Gasteiger partial charge on any atom is -0.459 e. The molecular weight excluding hydrogens is 451 g/mol. The highest BCUT2D eigenvalue weighted by atomic mass is 127. The number of para-hydroxylation sites is 1.